The van der Waals surface area contributed by atoms with Gasteiger partial charge in [-0.2, -0.15) is 0 Å². The van der Waals surface area contributed by atoms with Crippen LogP contribution in [0.3, 0.4) is 0 Å². The van der Waals surface area contributed by atoms with E-state index in [1.165, 1.54) is 0 Å². The lowest BCUT2D eigenvalue weighted by Gasteiger charge is -2.31. The topological polar surface area (TPSA) is 90.7 Å². The number of aromatic nitrogens is 1. The Morgan fingerprint density at radius 1 is 1.44 bits per heavy atom. The van der Waals surface area contributed by atoms with E-state index in [0.29, 0.717) is 5.69 Å². The largest absolute Gasteiger partial charge is 0.480 e. The molecule has 0 spiro atoms. The molecule has 1 amide bonds. The first kappa shape index (κ1) is 10.4. The van der Waals surface area contributed by atoms with Gasteiger partial charge in [-0.3, -0.25) is 9.88 Å². The molecule has 84 valence electrons. The lowest BCUT2D eigenvalue weighted by atomic mass is 9.99. The second kappa shape index (κ2) is 3.80. The highest BCUT2D eigenvalue weighted by Gasteiger charge is 2.34. The maximum Gasteiger partial charge on any atom is 0.408 e. The van der Waals surface area contributed by atoms with Crippen molar-refractivity contribution in [2.24, 2.45) is 0 Å². The maximum absolute atomic E-state index is 10.9. The number of rotatable bonds is 1. The second-order valence-electron chi connectivity index (χ2n) is 3.58. The quantitative estimate of drug-likeness (QED) is 0.724. The molecule has 2 rings (SSSR count). The van der Waals surface area contributed by atoms with Crippen molar-refractivity contribution in [3.05, 3.63) is 29.6 Å². The number of aliphatic carboxylic acids is 1. The zero-order chi connectivity index (χ0) is 11.7. The van der Waals surface area contributed by atoms with Crippen LogP contribution in [0.4, 0.5) is 4.79 Å². The van der Waals surface area contributed by atoms with Gasteiger partial charge >= 0.3 is 12.1 Å². The van der Waals surface area contributed by atoms with Crippen LogP contribution in [0.1, 0.15) is 11.3 Å². The predicted octanol–water partition coefficient (Wildman–Crippen LogP) is 0.571. The summed E-state index contributed by atoms with van der Waals surface area (Å²) in [5, 5.41) is 17.9. The van der Waals surface area contributed by atoms with Gasteiger partial charge in [0.25, 0.3) is 0 Å². The van der Waals surface area contributed by atoms with Crippen LogP contribution >= 0.6 is 0 Å². The molecule has 0 radical (unpaired) electrons. The number of carbonyl (C=O) groups is 2. The molecule has 0 bridgehead atoms. The van der Waals surface area contributed by atoms with E-state index < -0.39 is 18.1 Å². The van der Waals surface area contributed by atoms with Gasteiger partial charge < -0.3 is 10.2 Å². The molecular formula is C10H10N2O4. The standard InChI is InChI=1S/C10H10N2O4/c13-9(14)8-4-7-6(2-1-3-11-7)5-12(8)10(15)16/h1-3,8H,4-5H2,(H,13,14)(H,15,16). The molecule has 6 heteroatoms. The van der Waals surface area contributed by atoms with Crippen molar-refractivity contribution in [2.75, 3.05) is 0 Å². The van der Waals surface area contributed by atoms with Gasteiger partial charge in [-0.1, -0.05) is 6.07 Å². The van der Waals surface area contributed by atoms with Crippen LogP contribution in [0.25, 0.3) is 0 Å². The zero-order valence-electron chi connectivity index (χ0n) is 8.33. The van der Waals surface area contributed by atoms with Gasteiger partial charge in [-0.25, -0.2) is 9.59 Å². The van der Waals surface area contributed by atoms with Crippen LogP contribution < -0.4 is 0 Å². The average molecular weight is 222 g/mol. The Hall–Kier alpha value is -2.11. The third-order valence-electron chi connectivity index (χ3n) is 2.62. The van der Waals surface area contributed by atoms with Crippen molar-refractivity contribution in [3.8, 4) is 0 Å². The molecule has 2 heterocycles. The number of amides is 1. The summed E-state index contributed by atoms with van der Waals surface area (Å²) < 4.78 is 0. The Kier molecular flexibility index (Phi) is 2.47. The Morgan fingerprint density at radius 2 is 2.19 bits per heavy atom. The van der Waals surface area contributed by atoms with Crippen molar-refractivity contribution in [1.29, 1.82) is 0 Å². The Balaban J connectivity index is 2.37. The molecule has 6 nitrogen and oxygen atoms in total. The van der Waals surface area contributed by atoms with Gasteiger partial charge in [0.1, 0.15) is 6.04 Å². The first-order chi connectivity index (χ1) is 7.59. The number of fused-ring (bicyclic) bond motifs is 1. The fourth-order valence-corrected chi connectivity index (χ4v) is 1.81. The second-order valence-corrected chi connectivity index (χ2v) is 3.58. The van der Waals surface area contributed by atoms with Crippen molar-refractivity contribution in [2.45, 2.75) is 19.0 Å². The number of nitrogens with zero attached hydrogens (tertiary/aromatic N) is 2. The van der Waals surface area contributed by atoms with E-state index in [-0.39, 0.29) is 13.0 Å². The molecule has 1 unspecified atom stereocenters. The highest BCUT2D eigenvalue weighted by molar-refractivity contribution is 5.80. The van der Waals surface area contributed by atoms with Crippen LogP contribution in [-0.2, 0) is 17.8 Å². The molecule has 1 aromatic rings. The molecular weight excluding hydrogens is 212 g/mol. The molecule has 0 saturated carbocycles. The zero-order valence-corrected chi connectivity index (χ0v) is 8.33. The van der Waals surface area contributed by atoms with E-state index in [1.54, 1.807) is 18.3 Å². The lowest BCUT2D eigenvalue weighted by Crippen LogP contribution is -2.48. The van der Waals surface area contributed by atoms with Crippen LogP contribution in [0.15, 0.2) is 18.3 Å². The number of pyridine rings is 1. The molecule has 1 aliphatic rings. The van der Waals surface area contributed by atoms with Crippen molar-refractivity contribution in [1.82, 2.24) is 9.88 Å². The third-order valence-corrected chi connectivity index (χ3v) is 2.62. The van der Waals surface area contributed by atoms with Gasteiger partial charge in [-0.05, 0) is 11.6 Å². The van der Waals surface area contributed by atoms with Crippen molar-refractivity contribution in [3.63, 3.8) is 0 Å². The predicted molar refractivity (Wildman–Crippen MR) is 52.9 cm³/mol. The summed E-state index contributed by atoms with van der Waals surface area (Å²) in [6.45, 7) is 0.0788. The van der Waals surface area contributed by atoms with E-state index in [0.717, 1.165) is 10.5 Å². The maximum atomic E-state index is 10.9. The Labute approximate surface area is 91.1 Å². The normalized spacial score (nSPS) is 19.0. The molecule has 2 N–H and O–H groups in total. The summed E-state index contributed by atoms with van der Waals surface area (Å²) in [4.78, 5) is 26.9. The minimum Gasteiger partial charge on any atom is -0.480 e. The van der Waals surface area contributed by atoms with Crippen LogP contribution in [0.2, 0.25) is 0 Å². The lowest BCUT2D eigenvalue weighted by molar-refractivity contribution is -0.143. The van der Waals surface area contributed by atoms with Crippen molar-refractivity contribution < 1.29 is 19.8 Å². The third kappa shape index (κ3) is 1.69. The highest BCUT2D eigenvalue weighted by atomic mass is 16.4. The molecule has 0 saturated heterocycles. The van der Waals surface area contributed by atoms with E-state index >= 15 is 0 Å². The smallest absolute Gasteiger partial charge is 0.408 e. The Bertz CT molecular complexity index is 405. The summed E-state index contributed by atoms with van der Waals surface area (Å²) in [5.74, 6) is -1.14. The summed E-state index contributed by atoms with van der Waals surface area (Å²) in [6, 6.07) is 2.43. The summed E-state index contributed by atoms with van der Waals surface area (Å²) in [5.41, 5.74) is 1.43. The van der Waals surface area contributed by atoms with Gasteiger partial charge in [-0.15, -0.1) is 0 Å². The Morgan fingerprint density at radius 3 is 2.81 bits per heavy atom. The SMILES string of the molecule is O=C(O)C1Cc2ncccc2CN1C(=O)O. The van der Waals surface area contributed by atoms with E-state index in [4.69, 9.17) is 10.2 Å². The first-order valence-electron chi connectivity index (χ1n) is 4.74. The molecule has 1 aliphatic heterocycles. The fourth-order valence-electron chi connectivity index (χ4n) is 1.81. The number of hydrogen-bond acceptors (Lipinski definition) is 3. The van der Waals surface area contributed by atoms with Gasteiger partial charge in [0.05, 0.1) is 6.54 Å². The van der Waals surface area contributed by atoms with Gasteiger partial charge in [0.2, 0.25) is 0 Å². The van der Waals surface area contributed by atoms with E-state index in [9.17, 15) is 9.59 Å². The fraction of sp³-hybridized carbons (Fsp3) is 0.300. The van der Waals surface area contributed by atoms with Crippen LogP contribution in [0.5, 0.6) is 0 Å². The molecule has 1 atom stereocenters. The average Bonchev–Trinajstić information content (AvgIpc) is 2.27. The minimum atomic E-state index is -1.22. The van der Waals surface area contributed by atoms with Crippen LogP contribution in [0, 0.1) is 0 Å². The van der Waals surface area contributed by atoms with Crippen molar-refractivity contribution >= 4 is 12.1 Å². The molecule has 0 aromatic carbocycles. The summed E-state index contributed by atoms with van der Waals surface area (Å²) in [6.07, 6.45) is 0.480. The minimum absolute atomic E-state index is 0.0788. The summed E-state index contributed by atoms with van der Waals surface area (Å²) >= 11 is 0. The number of carboxylic acid groups (broad SMARTS) is 2. The van der Waals surface area contributed by atoms with E-state index in [1.807, 2.05) is 0 Å². The van der Waals surface area contributed by atoms with Gasteiger partial charge in [0.15, 0.2) is 0 Å². The van der Waals surface area contributed by atoms with Crippen LogP contribution in [-0.4, -0.2) is 38.2 Å². The molecule has 1 aromatic heterocycles. The highest BCUT2D eigenvalue weighted by Crippen LogP contribution is 2.21. The molecule has 16 heavy (non-hydrogen) atoms. The monoisotopic (exact) mass is 222 g/mol. The number of carboxylic acids is 1. The summed E-state index contributed by atoms with van der Waals surface area (Å²) in [7, 11) is 0. The van der Waals surface area contributed by atoms with E-state index in [2.05, 4.69) is 4.98 Å². The van der Waals surface area contributed by atoms with Gasteiger partial charge in [0, 0.05) is 18.3 Å². The first-order valence-corrected chi connectivity index (χ1v) is 4.74. The molecule has 0 aliphatic carbocycles. The molecule has 0 fully saturated rings. The number of hydrogen-bond donors (Lipinski definition) is 2.